The van der Waals surface area contributed by atoms with Crippen molar-refractivity contribution in [2.75, 3.05) is 6.61 Å². The molecule has 3 atom stereocenters. The summed E-state index contributed by atoms with van der Waals surface area (Å²) in [5, 5.41) is 27.9. The van der Waals surface area contributed by atoms with E-state index in [1.165, 1.54) is 0 Å². The van der Waals surface area contributed by atoms with Gasteiger partial charge in [0.15, 0.2) is 0 Å². The Kier molecular flexibility index (Phi) is 4.17. The van der Waals surface area contributed by atoms with Crippen molar-refractivity contribution >= 4 is 0 Å². The molecule has 0 saturated heterocycles. The van der Waals surface area contributed by atoms with Gasteiger partial charge in [0.05, 0.1) is 18.8 Å². The summed E-state index contributed by atoms with van der Waals surface area (Å²) < 4.78 is 0. The van der Waals surface area contributed by atoms with E-state index in [0.29, 0.717) is 0 Å². The third-order valence-corrected chi connectivity index (χ3v) is 2.47. The van der Waals surface area contributed by atoms with E-state index in [0.717, 1.165) is 0 Å². The number of hydrogen-bond donors (Lipinski definition) is 3. The second-order valence-corrected chi connectivity index (χ2v) is 4.19. The zero-order valence-electron chi connectivity index (χ0n) is 8.28. The van der Waals surface area contributed by atoms with Gasteiger partial charge in [-0.1, -0.05) is 20.8 Å². The van der Waals surface area contributed by atoms with Gasteiger partial charge in [0.2, 0.25) is 0 Å². The molecule has 0 aliphatic rings. The van der Waals surface area contributed by atoms with Crippen LogP contribution in [0.3, 0.4) is 0 Å². The van der Waals surface area contributed by atoms with Crippen molar-refractivity contribution in [3.05, 3.63) is 0 Å². The quantitative estimate of drug-likeness (QED) is 0.580. The summed E-state index contributed by atoms with van der Waals surface area (Å²) in [4.78, 5) is 0. The molecule has 0 bridgehead atoms. The highest BCUT2D eigenvalue weighted by molar-refractivity contribution is 4.82. The molecule has 0 radical (unpaired) electrons. The molecule has 0 spiro atoms. The van der Waals surface area contributed by atoms with Crippen molar-refractivity contribution in [3.63, 3.8) is 0 Å². The fraction of sp³-hybridized carbons (Fsp3) is 1.00. The zero-order valence-corrected chi connectivity index (χ0v) is 8.28. The molecule has 0 aromatic heterocycles. The van der Waals surface area contributed by atoms with Crippen LogP contribution >= 0.6 is 0 Å². The van der Waals surface area contributed by atoms with Gasteiger partial charge in [0, 0.05) is 11.3 Å². The smallest absolute Gasteiger partial charge is 0.0663 e. The van der Waals surface area contributed by atoms with Crippen LogP contribution in [0.1, 0.15) is 27.7 Å². The molecule has 3 unspecified atom stereocenters. The molecular formula is C9H20O3. The Morgan fingerprint density at radius 3 is 1.83 bits per heavy atom. The topological polar surface area (TPSA) is 60.7 Å². The first kappa shape index (κ1) is 11.9. The molecule has 0 aromatic rings. The van der Waals surface area contributed by atoms with Crippen LogP contribution in [0.25, 0.3) is 0 Å². The van der Waals surface area contributed by atoms with E-state index >= 15 is 0 Å². The molecule has 0 aromatic carbocycles. The Labute approximate surface area is 74.0 Å². The van der Waals surface area contributed by atoms with E-state index in [1.54, 1.807) is 27.7 Å². The predicted octanol–water partition coefficient (Wildman–Crippen LogP) is 0.383. The van der Waals surface area contributed by atoms with Crippen LogP contribution in [0.5, 0.6) is 0 Å². The average molecular weight is 176 g/mol. The minimum Gasteiger partial charge on any atom is -0.396 e. The molecule has 0 aliphatic carbocycles. The summed E-state index contributed by atoms with van der Waals surface area (Å²) >= 11 is 0. The van der Waals surface area contributed by atoms with Crippen molar-refractivity contribution in [2.45, 2.75) is 39.9 Å². The maximum atomic E-state index is 9.70. The lowest BCUT2D eigenvalue weighted by molar-refractivity contribution is -0.0579. The fourth-order valence-electron chi connectivity index (χ4n) is 1.07. The lowest BCUT2D eigenvalue weighted by Gasteiger charge is -2.34. The van der Waals surface area contributed by atoms with Gasteiger partial charge in [-0.05, 0) is 6.92 Å². The summed E-state index contributed by atoms with van der Waals surface area (Å²) in [6, 6.07) is 0. The van der Waals surface area contributed by atoms with Crippen molar-refractivity contribution < 1.29 is 15.3 Å². The molecule has 12 heavy (non-hydrogen) atoms. The van der Waals surface area contributed by atoms with Crippen LogP contribution in [0, 0.1) is 11.3 Å². The Morgan fingerprint density at radius 1 is 1.17 bits per heavy atom. The second-order valence-electron chi connectivity index (χ2n) is 4.19. The van der Waals surface area contributed by atoms with E-state index in [2.05, 4.69) is 0 Å². The van der Waals surface area contributed by atoms with Gasteiger partial charge >= 0.3 is 0 Å². The highest BCUT2D eigenvalue weighted by Gasteiger charge is 2.33. The Balaban J connectivity index is 4.27. The van der Waals surface area contributed by atoms with Crippen molar-refractivity contribution in [1.82, 2.24) is 0 Å². The summed E-state index contributed by atoms with van der Waals surface area (Å²) in [5.74, 6) is -0.216. The first-order valence-corrected chi connectivity index (χ1v) is 4.30. The lowest BCUT2D eigenvalue weighted by atomic mass is 9.79. The van der Waals surface area contributed by atoms with E-state index in [4.69, 9.17) is 5.11 Å². The van der Waals surface area contributed by atoms with Crippen molar-refractivity contribution in [3.8, 4) is 0 Å². The zero-order chi connectivity index (χ0) is 9.94. The average Bonchev–Trinajstić information content (AvgIpc) is 2.01. The van der Waals surface area contributed by atoms with Crippen LogP contribution in [0.4, 0.5) is 0 Å². The maximum Gasteiger partial charge on any atom is 0.0663 e. The minimum absolute atomic E-state index is 0.0781. The molecule has 0 rings (SSSR count). The first-order chi connectivity index (χ1) is 5.33. The Hall–Kier alpha value is -0.120. The molecule has 0 saturated carbocycles. The summed E-state index contributed by atoms with van der Waals surface area (Å²) in [7, 11) is 0. The van der Waals surface area contributed by atoms with Gasteiger partial charge in [-0.2, -0.15) is 0 Å². The SMILES string of the molecule is CC(O)C(C)C(O)C(C)(C)CO. The first-order valence-electron chi connectivity index (χ1n) is 4.30. The number of rotatable bonds is 4. The van der Waals surface area contributed by atoms with Gasteiger partial charge in [0.25, 0.3) is 0 Å². The molecule has 3 N–H and O–H groups in total. The number of aliphatic hydroxyl groups excluding tert-OH is 3. The van der Waals surface area contributed by atoms with E-state index in [1.807, 2.05) is 0 Å². The van der Waals surface area contributed by atoms with Gasteiger partial charge < -0.3 is 15.3 Å². The second kappa shape index (κ2) is 4.21. The van der Waals surface area contributed by atoms with Gasteiger partial charge in [0.1, 0.15) is 0 Å². The third kappa shape index (κ3) is 2.73. The predicted molar refractivity (Wildman–Crippen MR) is 47.7 cm³/mol. The van der Waals surface area contributed by atoms with Crippen LogP contribution in [-0.4, -0.2) is 34.1 Å². The van der Waals surface area contributed by atoms with Gasteiger partial charge in [-0.25, -0.2) is 0 Å². The van der Waals surface area contributed by atoms with Crippen LogP contribution in [0.15, 0.2) is 0 Å². The summed E-state index contributed by atoms with van der Waals surface area (Å²) in [5.41, 5.74) is -0.545. The van der Waals surface area contributed by atoms with Gasteiger partial charge in [-0.3, -0.25) is 0 Å². The number of aliphatic hydroxyl groups is 3. The Morgan fingerprint density at radius 2 is 1.58 bits per heavy atom. The monoisotopic (exact) mass is 176 g/mol. The molecule has 3 heteroatoms. The molecule has 3 nitrogen and oxygen atoms in total. The largest absolute Gasteiger partial charge is 0.396 e. The lowest BCUT2D eigenvalue weighted by Crippen LogP contribution is -2.41. The summed E-state index contributed by atoms with van der Waals surface area (Å²) in [6.07, 6.45) is -1.23. The normalized spacial score (nSPS) is 20.2. The van der Waals surface area contributed by atoms with Crippen LogP contribution in [-0.2, 0) is 0 Å². The van der Waals surface area contributed by atoms with Crippen molar-refractivity contribution in [1.29, 1.82) is 0 Å². The van der Waals surface area contributed by atoms with Crippen LogP contribution in [0.2, 0.25) is 0 Å². The standard InChI is InChI=1S/C9H20O3/c1-6(7(2)11)8(12)9(3,4)5-10/h6-8,10-12H,5H2,1-4H3. The minimum atomic E-state index is -0.678. The molecule has 0 aliphatic heterocycles. The van der Waals surface area contributed by atoms with E-state index < -0.39 is 17.6 Å². The van der Waals surface area contributed by atoms with Crippen LogP contribution < -0.4 is 0 Å². The molecule has 0 amide bonds. The number of hydrogen-bond acceptors (Lipinski definition) is 3. The van der Waals surface area contributed by atoms with E-state index in [9.17, 15) is 10.2 Å². The highest BCUT2D eigenvalue weighted by Crippen LogP contribution is 2.26. The molecule has 0 heterocycles. The third-order valence-electron chi connectivity index (χ3n) is 2.47. The Bertz CT molecular complexity index is 132. The molecule has 0 fully saturated rings. The maximum absolute atomic E-state index is 9.70. The van der Waals surface area contributed by atoms with Crippen molar-refractivity contribution in [2.24, 2.45) is 11.3 Å². The van der Waals surface area contributed by atoms with E-state index in [-0.39, 0.29) is 12.5 Å². The van der Waals surface area contributed by atoms with Gasteiger partial charge in [-0.15, -0.1) is 0 Å². The molecular weight excluding hydrogens is 156 g/mol. The molecule has 74 valence electrons. The highest BCUT2D eigenvalue weighted by atomic mass is 16.3. The fourth-order valence-corrected chi connectivity index (χ4v) is 1.07. The summed E-state index contributed by atoms with van der Waals surface area (Å²) in [6.45, 7) is 6.88.